The van der Waals surface area contributed by atoms with Gasteiger partial charge in [-0.25, -0.2) is 19.2 Å². The topological polar surface area (TPSA) is 231 Å². The van der Waals surface area contributed by atoms with Gasteiger partial charge in [-0.05, 0) is 94.2 Å². The van der Waals surface area contributed by atoms with E-state index >= 15 is 0 Å². The minimum absolute atomic E-state index is 0. The lowest BCUT2D eigenvalue weighted by Crippen LogP contribution is -2.33. The van der Waals surface area contributed by atoms with Crippen LogP contribution in [0, 0.1) is 0 Å². The number of urea groups is 1. The number of nitrogens with two attached hydrogens (primary N) is 1. The van der Waals surface area contributed by atoms with Crippen LogP contribution < -0.4 is 21.7 Å². The van der Waals surface area contributed by atoms with E-state index in [1.807, 2.05) is 0 Å². The lowest BCUT2D eigenvalue weighted by molar-refractivity contribution is -0.170. The van der Waals surface area contributed by atoms with E-state index in [2.05, 4.69) is 109 Å². The molecule has 0 spiro atoms. The van der Waals surface area contributed by atoms with Gasteiger partial charge in [0, 0.05) is 29.7 Å². The number of aryl methyl sites for hydroxylation is 2. The van der Waals surface area contributed by atoms with Gasteiger partial charge in [0.25, 0.3) is 11.8 Å². The van der Waals surface area contributed by atoms with Crippen LogP contribution in [0.1, 0.15) is 135 Å². The SMILES string of the molecule is C.C.C.CC(C)(C)c1ccc2c(c1)CC[C@H]2N.COC(=O)n1ncc2c(NC(=O)N[C@H]3CCc4cc(C(C)(C)C)ccc43)cccc21.COC(=O)n1ncc2c(NC(=O)ON3C(=O)CCC3=O)cccc21. The van der Waals surface area contributed by atoms with Crippen molar-refractivity contribution < 1.29 is 43.1 Å². The molecular weight excluding hydrogens is 907 g/mol. The number of amides is 5. The molecule has 0 radical (unpaired) electrons. The van der Waals surface area contributed by atoms with Gasteiger partial charge in [-0.2, -0.15) is 19.6 Å². The van der Waals surface area contributed by atoms with Crippen molar-refractivity contribution in [1.29, 1.82) is 0 Å². The minimum Gasteiger partial charge on any atom is -0.451 e. The lowest BCUT2D eigenvalue weighted by atomic mass is 9.85. The Morgan fingerprint density at radius 2 is 1.10 bits per heavy atom. The zero-order valence-corrected chi connectivity index (χ0v) is 39.5. The van der Waals surface area contributed by atoms with Gasteiger partial charge >= 0.3 is 24.3 Å². The van der Waals surface area contributed by atoms with E-state index in [1.165, 1.54) is 58.5 Å². The Balaban J connectivity index is 0.000000240. The van der Waals surface area contributed by atoms with Crippen molar-refractivity contribution in [2.24, 2.45) is 5.73 Å². The fourth-order valence-corrected chi connectivity index (χ4v) is 8.33. The van der Waals surface area contributed by atoms with Crippen LogP contribution in [0.2, 0.25) is 0 Å². The number of hydroxylamine groups is 2. The number of anilines is 2. The van der Waals surface area contributed by atoms with Crippen molar-refractivity contribution in [3.63, 3.8) is 0 Å². The van der Waals surface area contributed by atoms with Gasteiger partial charge in [0.05, 0.1) is 55.1 Å². The molecule has 6 aromatic rings. The van der Waals surface area contributed by atoms with Crippen LogP contribution in [0.4, 0.5) is 30.6 Å². The van der Waals surface area contributed by atoms with E-state index in [-0.39, 0.29) is 64.1 Å². The number of nitrogens with one attached hydrogen (secondary N) is 3. The summed E-state index contributed by atoms with van der Waals surface area (Å²) < 4.78 is 11.5. The summed E-state index contributed by atoms with van der Waals surface area (Å²) in [5.41, 5.74) is 16.2. The van der Waals surface area contributed by atoms with Gasteiger partial charge in [0.2, 0.25) is 0 Å². The molecule has 3 aliphatic rings. The normalized spacial score (nSPS) is 15.5. The predicted octanol–water partition coefficient (Wildman–Crippen LogP) is 10.9. The Morgan fingerprint density at radius 3 is 1.59 bits per heavy atom. The number of carbonyl (C=O) groups excluding carboxylic acids is 6. The third-order valence-electron chi connectivity index (χ3n) is 12.1. The third kappa shape index (κ3) is 12.4. The summed E-state index contributed by atoms with van der Waals surface area (Å²) in [6.07, 6.45) is 4.75. The van der Waals surface area contributed by atoms with E-state index in [9.17, 15) is 28.8 Å². The average Bonchev–Trinajstić information content (AvgIpc) is 4.16. The monoisotopic (exact) mass is 976 g/mol. The molecule has 3 heterocycles. The third-order valence-corrected chi connectivity index (χ3v) is 12.1. The zero-order chi connectivity index (χ0) is 49.1. The smallest absolute Gasteiger partial charge is 0.436 e. The number of aromatic nitrogens is 4. The molecular formula is C53H69N9O9. The summed E-state index contributed by atoms with van der Waals surface area (Å²) >= 11 is 0. The highest BCUT2D eigenvalue weighted by atomic mass is 16.7. The van der Waals surface area contributed by atoms with Gasteiger partial charge in [-0.15, -0.1) is 5.06 Å². The summed E-state index contributed by atoms with van der Waals surface area (Å²) in [6, 6.07) is 23.3. The predicted molar refractivity (Wildman–Crippen MR) is 275 cm³/mol. The summed E-state index contributed by atoms with van der Waals surface area (Å²) in [7, 11) is 2.52. The molecule has 2 aromatic heterocycles. The number of methoxy groups -OCH3 is 2. The average molecular weight is 976 g/mol. The molecule has 18 nitrogen and oxygen atoms in total. The molecule has 18 heteroatoms. The Kier molecular flexibility index (Phi) is 18.0. The van der Waals surface area contributed by atoms with Crippen molar-refractivity contribution in [2.45, 2.75) is 125 Å². The molecule has 380 valence electrons. The summed E-state index contributed by atoms with van der Waals surface area (Å²) in [6.45, 7) is 13.4. The molecule has 0 bridgehead atoms. The van der Waals surface area contributed by atoms with Crippen molar-refractivity contribution in [1.82, 2.24) is 29.9 Å². The molecule has 71 heavy (non-hydrogen) atoms. The van der Waals surface area contributed by atoms with Crippen molar-refractivity contribution in [3.05, 3.63) is 119 Å². The molecule has 0 unspecified atom stereocenters. The first-order chi connectivity index (χ1) is 32.3. The molecule has 4 aromatic carbocycles. The van der Waals surface area contributed by atoms with Gasteiger partial charge in [-0.1, -0.05) is 112 Å². The highest BCUT2D eigenvalue weighted by Gasteiger charge is 2.33. The largest absolute Gasteiger partial charge is 0.451 e. The number of hydrogen-bond donors (Lipinski definition) is 4. The first kappa shape index (κ1) is 56.0. The van der Waals surface area contributed by atoms with Crippen LogP contribution in [0.15, 0.2) is 85.2 Å². The van der Waals surface area contributed by atoms with Gasteiger partial charge < -0.3 is 30.7 Å². The van der Waals surface area contributed by atoms with E-state index in [4.69, 9.17) is 15.3 Å². The van der Waals surface area contributed by atoms with Crippen LogP contribution in [0.3, 0.4) is 0 Å². The highest BCUT2D eigenvalue weighted by molar-refractivity contribution is 6.04. The summed E-state index contributed by atoms with van der Waals surface area (Å²) in [5, 5.41) is 17.9. The van der Waals surface area contributed by atoms with Crippen molar-refractivity contribution in [2.75, 3.05) is 24.9 Å². The van der Waals surface area contributed by atoms with E-state index in [0.29, 0.717) is 38.2 Å². The van der Waals surface area contributed by atoms with Crippen LogP contribution in [-0.2, 0) is 47.6 Å². The van der Waals surface area contributed by atoms with Gasteiger partial charge in [-0.3, -0.25) is 14.9 Å². The first-order valence-corrected chi connectivity index (χ1v) is 22.3. The van der Waals surface area contributed by atoms with Crippen LogP contribution in [-0.4, -0.2) is 75.0 Å². The van der Waals surface area contributed by atoms with E-state index < -0.39 is 30.1 Å². The molecule has 1 aliphatic heterocycles. The number of nitrogens with zero attached hydrogens (tertiary/aromatic N) is 5. The zero-order valence-electron chi connectivity index (χ0n) is 39.5. The fraction of sp³-hybridized carbons (Fsp3) is 0.396. The molecule has 5 amide bonds. The van der Waals surface area contributed by atoms with E-state index in [0.717, 1.165) is 30.4 Å². The number of fused-ring (bicyclic) bond motifs is 4. The van der Waals surface area contributed by atoms with E-state index in [1.54, 1.807) is 42.6 Å². The van der Waals surface area contributed by atoms with Crippen molar-refractivity contribution in [3.8, 4) is 0 Å². The lowest BCUT2D eigenvalue weighted by Gasteiger charge is -2.21. The Bertz CT molecular complexity index is 2910. The quantitative estimate of drug-likeness (QED) is 0.121. The maximum Gasteiger partial charge on any atom is 0.436 e. The second-order valence-corrected chi connectivity index (χ2v) is 18.8. The first-order valence-electron chi connectivity index (χ1n) is 22.3. The molecule has 1 fully saturated rings. The number of benzene rings is 4. The highest BCUT2D eigenvalue weighted by Crippen LogP contribution is 2.36. The number of imide groups is 1. The second-order valence-electron chi connectivity index (χ2n) is 18.8. The Morgan fingerprint density at radius 1 is 0.634 bits per heavy atom. The molecule has 2 atom stereocenters. The van der Waals surface area contributed by atoms with Crippen LogP contribution in [0.25, 0.3) is 21.8 Å². The van der Waals surface area contributed by atoms with Crippen LogP contribution >= 0.6 is 0 Å². The van der Waals surface area contributed by atoms with Crippen molar-refractivity contribution >= 4 is 69.3 Å². The molecule has 0 saturated carbocycles. The number of carbonyl (C=O) groups is 6. The molecule has 2 aliphatic carbocycles. The summed E-state index contributed by atoms with van der Waals surface area (Å²) in [5.74, 6) is -1.15. The maximum atomic E-state index is 12.7. The Hall–Kier alpha value is -7.60. The number of rotatable bonds is 4. The minimum atomic E-state index is -1.00. The number of hydrogen-bond acceptors (Lipinski definition) is 12. The van der Waals surface area contributed by atoms with Gasteiger partial charge in [0.1, 0.15) is 0 Å². The summed E-state index contributed by atoms with van der Waals surface area (Å²) in [4.78, 5) is 75.6. The second kappa shape index (κ2) is 22.9. The van der Waals surface area contributed by atoms with Crippen LogP contribution in [0.5, 0.6) is 0 Å². The fourth-order valence-electron chi connectivity index (χ4n) is 8.33. The molecule has 1 saturated heterocycles. The molecule has 9 rings (SSSR count). The van der Waals surface area contributed by atoms with Gasteiger partial charge in [0.15, 0.2) is 0 Å². The standard InChI is InChI=1S/C23H26N4O3.C14H12N4O6.C13H19N.3CH4/c1-23(2,3)15-9-10-16-14(12-15)8-11-19(16)26-21(28)25-18-6-5-7-20-17(18)13-24-27(20)22(29)30-4;1-23-14(22)17-10-4-2-3-9(8(10)7-15-17)16-13(21)24-18-11(19)5-6-12(18)20;1-13(2,3)10-5-6-11-9(8-10)4-7-12(11)14;;;/h5-7,9-10,12-13,19H,8,11H2,1-4H3,(H2,25,26,28);2-4,7H,5-6H2,1H3,(H,16,21);5-6,8,12H,4,7,14H2,1-3H3;3*1H4/t19-;;12-;;;/m0.1.../s1. The number of ether oxygens (including phenoxy) is 2. The Labute approximate surface area is 415 Å². The maximum absolute atomic E-state index is 12.7. The molecule has 5 N–H and O–H groups in total.